The van der Waals surface area contributed by atoms with Crippen molar-refractivity contribution < 1.29 is 9.71 Å². The molecule has 0 amide bonds. The van der Waals surface area contributed by atoms with Gasteiger partial charge in [-0.15, -0.1) is 0 Å². The van der Waals surface area contributed by atoms with Crippen molar-refractivity contribution in [1.29, 1.82) is 0 Å². The number of hydrogen-bond acceptors (Lipinski definition) is 2. The number of nitro groups is 1. The van der Waals surface area contributed by atoms with E-state index in [9.17, 15) is 10.1 Å². The first kappa shape index (κ1) is 12.7. The molecule has 5 nitrogen and oxygen atoms in total. The predicted octanol–water partition coefficient (Wildman–Crippen LogP) is 2.97. The molecule has 0 bridgehead atoms. The van der Waals surface area contributed by atoms with Gasteiger partial charge < -0.3 is 5.53 Å². The zero-order valence-electron chi connectivity index (χ0n) is 10.3. The Hall–Kier alpha value is -2.78. The van der Waals surface area contributed by atoms with Crippen molar-refractivity contribution in [1.82, 2.24) is 0 Å². The van der Waals surface area contributed by atoms with Gasteiger partial charge in [0.15, 0.2) is 0 Å². The van der Waals surface area contributed by atoms with Crippen LogP contribution in [0.5, 0.6) is 0 Å². The summed E-state index contributed by atoms with van der Waals surface area (Å²) in [4.78, 5) is 13.7. The highest BCUT2D eigenvalue weighted by molar-refractivity contribution is 6.09. The molecule has 0 fully saturated rings. The maximum absolute atomic E-state index is 10.9. The Kier molecular flexibility index (Phi) is 3.50. The van der Waals surface area contributed by atoms with Gasteiger partial charge >= 0.3 is 5.71 Å². The monoisotopic (exact) mass is 253 g/mol. The number of rotatable bonds is 3. The molecule has 5 heteroatoms. The summed E-state index contributed by atoms with van der Waals surface area (Å²) in [6, 6.07) is 13.8. The molecule has 0 radical (unpaired) electrons. The van der Waals surface area contributed by atoms with Crippen molar-refractivity contribution in [2.24, 2.45) is 0 Å². The summed E-state index contributed by atoms with van der Waals surface area (Å²) in [6.45, 7) is 1.67. The zero-order valence-corrected chi connectivity index (χ0v) is 10.3. The van der Waals surface area contributed by atoms with Crippen LogP contribution in [-0.2, 0) is 0 Å². The number of nitrogens with zero attached hydrogens (tertiary/aromatic N) is 3. The van der Waals surface area contributed by atoms with Crippen LogP contribution in [0.25, 0.3) is 5.53 Å². The fourth-order valence-electron chi connectivity index (χ4n) is 1.83. The van der Waals surface area contributed by atoms with Crippen LogP contribution in [0.15, 0.2) is 48.5 Å². The van der Waals surface area contributed by atoms with Crippen LogP contribution in [0, 0.1) is 17.0 Å². The second-order valence-electron chi connectivity index (χ2n) is 4.07. The van der Waals surface area contributed by atoms with Crippen LogP contribution in [0.3, 0.4) is 0 Å². The molecule has 0 unspecified atom stereocenters. The van der Waals surface area contributed by atoms with Gasteiger partial charge in [-0.3, -0.25) is 10.1 Å². The van der Waals surface area contributed by atoms with E-state index in [4.69, 9.17) is 5.53 Å². The zero-order chi connectivity index (χ0) is 13.8. The van der Waals surface area contributed by atoms with Crippen molar-refractivity contribution in [3.8, 4) is 0 Å². The summed E-state index contributed by atoms with van der Waals surface area (Å²) in [6.07, 6.45) is 0. The van der Waals surface area contributed by atoms with Crippen molar-refractivity contribution in [2.45, 2.75) is 6.92 Å². The van der Waals surface area contributed by atoms with Gasteiger partial charge in [0.1, 0.15) is 0 Å². The second-order valence-corrected chi connectivity index (χ2v) is 4.07. The largest absolute Gasteiger partial charge is 0.361 e. The average Bonchev–Trinajstić information content (AvgIpc) is 2.42. The van der Waals surface area contributed by atoms with Gasteiger partial charge in [0.05, 0.1) is 16.1 Å². The van der Waals surface area contributed by atoms with Gasteiger partial charge in [0, 0.05) is 11.6 Å². The van der Waals surface area contributed by atoms with Gasteiger partial charge in [-0.1, -0.05) is 24.3 Å². The molecule has 0 spiro atoms. The standard InChI is InChI=1S/C14H11N3O2/c1-10-7-8-12(9-13(10)17(18)19)14(16-15)11-5-3-2-4-6-11/h2-9H,1H3. The molecule has 0 saturated carbocycles. The first-order chi connectivity index (χ1) is 9.13. The topological polar surface area (TPSA) is 79.5 Å². The summed E-state index contributed by atoms with van der Waals surface area (Å²) in [5.41, 5.74) is 11.2. The lowest BCUT2D eigenvalue weighted by atomic mass is 10.0. The van der Waals surface area contributed by atoms with Crippen LogP contribution in [-0.4, -0.2) is 15.4 Å². The van der Waals surface area contributed by atoms with Crippen LogP contribution >= 0.6 is 0 Å². The smallest absolute Gasteiger partial charge is 0.329 e. The lowest BCUT2D eigenvalue weighted by molar-refractivity contribution is -0.385. The van der Waals surface area contributed by atoms with Crippen LogP contribution in [0.4, 0.5) is 5.69 Å². The predicted molar refractivity (Wildman–Crippen MR) is 71.1 cm³/mol. The summed E-state index contributed by atoms with van der Waals surface area (Å²) < 4.78 is 0. The molecule has 0 aliphatic rings. The molecular formula is C14H11N3O2. The number of aryl methyl sites for hydroxylation is 1. The fraction of sp³-hybridized carbons (Fsp3) is 0.0714. The Morgan fingerprint density at radius 2 is 1.84 bits per heavy atom. The molecule has 0 aliphatic carbocycles. The van der Waals surface area contributed by atoms with E-state index >= 15 is 0 Å². The highest BCUT2D eigenvalue weighted by atomic mass is 16.6. The summed E-state index contributed by atoms with van der Waals surface area (Å²) in [5.74, 6) is 0. The highest BCUT2D eigenvalue weighted by Crippen LogP contribution is 2.21. The minimum absolute atomic E-state index is 0.00887. The van der Waals surface area contributed by atoms with Gasteiger partial charge in [0.25, 0.3) is 5.69 Å². The molecule has 0 heterocycles. The molecule has 2 aromatic rings. The molecule has 0 saturated heterocycles. The Bertz CT molecular complexity index is 674. The van der Waals surface area contributed by atoms with Gasteiger partial charge in [-0.25, -0.2) is 0 Å². The van der Waals surface area contributed by atoms with E-state index in [1.54, 1.807) is 31.2 Å². The first-order valence-electron chi connectivity index (χ1n) is 5.66. The number of nitro benzene ring substituents is 1. The molecule has 0 aliphatic heterocycles. The summed E-state index contributed by atoms with van der Waals surface area (Å²) in [5, 5.41) is 10.9. The summed E-state index contributed by atoms with van der Waals surface area (Å²) >= 11 is 0. The third-order valence-electron chi connectivity index (χ3n) is 2.83. The maximum atomic E-state index is 10.9. The normalized spacial score (nSPS) is 9.74. The van der Waals surface area contributed by atoms with Crippen LogP contribution in [0.1, 0.15) is 16.7 Å². The number of hydrogen-bond donors (Lipinski definition) is 0. The van der Waals surface area contributed by atoms with Gasteiger partial charge in [-0.2, -0.15) is 4.79 Å². The molecule has 19 heavy (non-hydrogen) atoms. The second kappa shape index (κ2) is 5.25. The van der Waals surface area contributed by atoms with E-state index in [2.05, 4.69) is 4.79 Å². The van der Waals surface area contributed by atoms with Crippen molar-refractivity contribution >= 4 is 11.4 Å². The Morgan fingerprint density at radius 3 is 2.42 bits per heavy atom. The van der Waals surface area contributed by atoms with Crippen molar-refractivity contribution in [2.75, 3.05) is 0 Å². The van der Waals surface area contributed by atoms with E-state index in [1.807, 2.05) is 18.2 Å². The Labute approximate surface area is 109 Å². The van der Waals surface area contributed by atoms with Crippen molar-refractivity contribution in [3.05, 3.63) is 80.9 Å². The van der Waals surface area contributed by atoms with Crippen LogP contribution in [0.2, 0.25) is 0 Å². The van der Waals surface area contributed by atoms with Crippen LogP contribution < -0.4 is 0 Å². The third kappa shape index (κ3) is 2.56. The minimum Gasteiger partial charge on any atom is -0.361 e. The molecule has 2 aromatic carbocycles. The molecular weight excluding hydrogens is 242 g/mol. The maximum Gasteiger partial charge on any atom is 0.329 e. The highest BCUT2D eigenvalue weighted by Gasteiger charge is 2.19. The van der Waals surface area contributed by atoms with E-state index < -0.39 is 4.92 Å². The number of benzene rings is 2. The van der Waals surface area contributed by atoms with E-state index in [0.717, 1.165) is 0 Å². The molecule has 0 aromatic heterocycles. The molecule has 94 valence electrons. The molecule has 0 N–H and O–H groups in total. The lowest BCUT2D eigenvalue weighted by Gasteiger charge is -2.00. The lowest BCUT2D eigenvalue weighted by Crippen LogP contribution is -2.05. The van der Waals surface area contributed by atoms with Gasteiger partial charge in [0.2, 0.25) is 0 Å². The average molecular weight is 253 g/mol. The fourth-order valence-corrected chi connectivity index (χ4v) is 1.83. The minimum atomic E-state index is -0.446. The Balaban J connectivity index is 2.55. The van der Waals surface area contributed by atoms with Crippen molar-refractivity contribution in [3.63, 3.8) is 0 Å². The van der Waals surface area contributed by atoms with E-state index in [1.165, 1.54) is 6.07 Å². The van der Waals surface area contributed by atoms with E-state index in [0.29, 0.717) is 22.4 Å². The first-order valence-corrected chi connectivity index (χ1v) is 5.66. The molecule has 0 atom stereocenters. The quantitative estimate of drug-likeness (QED) is 0.277. The SMILES string of the molecule is Cc1ccc(C(=[N+]=[N-])c2ccccc2)cc1[N+](=O)[O-]. The Morgan fingerprint density at radius 1 is 1.16 bits per heavy atom. The third-order valence-corrected chi connectivity index (χ3v) is 2.83. The summed E-state index contributed by atoms with van der Waals surface area (Å²) in [7, 11) is 0. The van der Waals surface area contributed by atoms with Gasteiger partial charge in [-0.05, 0) is 25.1 Å². The molecule has 2 rings (SSSR count). The van der Waals surface area contributed by atoms with E-state index in [-0.39, 0.29) is 5.69 Å².